The Bertz CT molecular complexity index is 479. The van der Waals surface area contributed by atoms with Gasteiger partial charge in [-0.3, -0.25) is 9.59 Å². The first-order valence-electron chi connectivity index (χ1n) is 9.74. The summed E-state index contributed by atoms with van der Waals surface area (Å²) in [5.74, 6) is 2.54. The Balaban J connectivity index is 1.28. The number of hydrogen-bond donors (Lipinski definition) is 2. The summed E-state index contributed by atoms with van der Waals surface area (Å²) in [5, 5.41) is 12.0. The summed E-state index contributed by atoms with van der Waals surface area (Å²) in [4.78, 5) is 26.5. The molecule has 0 spiro atoms. The van der Waals surface area contributed by atoms with Gasteiger partial charge >= 0.3 is 0 Å². The molecule has 0 aliphatic heterocycles. The number of aliphatic hydroxyl groups excluding tert-OH is 1. The summed E-state index contributed by atoms with van der Waals surface area (Å²) in [6, 6.07) is 0.282. The van der Waals surface area contributed by atoms with E-state index in [2.05, 4.69) is 5.32 Å². The summed E-state index contributed by atoms with van der Waals surface area (Å²) in [7, 11) is 0. The quantitative estimate of drug-likeness (QED) is 0.744. The van der Waals surface area contributed by atoms with Crippen LogP contribution in [0.25, 0.3) is 0 Å². The molecule has 0 aromatic carbocycles. The van der Waals surface area contributed by atoms with Crippen molar-refractivity contribution in [3.05, 3.63) is 0 Å². The Labute approximate surface area is 144 Å². The van der Waals surface area contributed by atoms with E-state index in [0.717, 1.165) is 30.6 Å². The highest BCUT2D eigenvalue weighted by Gasteiger charge is 2.51. The molecule has 5 nitrogen and oxygen atoms in total. The van der Waals surface area contributed by atoms with E-state index in [1.165, 1.54) is 38.5 Å². The molecule has 0 unspecified atom stereocenters. The molecule has 0 aromatic rings. The number of nitrogens with one attached hydrogen (secondary N) is 1. The van der Waals surface area contributed by atoms with Gasteiger partial charge in [0.25, 0.3) is 0 Å². The molecular weight excluding hydrogens is 304 g/mol. The average Bonchev–Trinajstić information content (AvgIpc) is 3.33. The Kier molecular flexibility index (Phi) is 4.31. The van der Waals surface area contributed by atoms with Crippen molar-refractivity contribution in [3.8, 4) is 0 Å². The minimum absolute atomic E-state index is 0.0105. The Morgan fingerprint density at radius 3 is 2.12 bits per heavy atom. The molecule has 5 aliphatic carbocycles. The molecule has 5 saturated carbocycles. The summed E-state index contributed by atoms with van der Waals surface area (Å²) in [5.41, 5.74) is 0.225. The molecule has 134 valence electrons. The normalized spacial score (nSPS) is 36.6. The van der Waals surface area contributed by atoms with Gasteiger partial charge in [0.2, 0.25) is 11.8 Å². The molecule has 0 saturated heterocycles. The number of rotatable bonds is 7. The minimum atomic E-state index is -0.0505. The van der Waals surface area contributed by atoms with E-state index in [4.69, 9.17) is 5.11 Å². The van der Waals surface area contributed by atoms with Gasteiger partial charge < -0.3 is 15.3 Å². The van der Waals surface area contributed by atoms with Crippen LogP contribution in [-0.4, -0.2) is 47.6 Å². The molecule has 0 atom stereocenters. The molecule has 5 heteroatoms. The zero-order chi connectivity index (χ0) is 16.7. The first kappa shape index (κ1) is 16.4. The molecule has 0 aromatic heterocycles. The molecule has 0 heterocycles. The fraction of sp³-hybridized carbons (Fsp3) is 0.895. The van der Waals surface area contributed by atoms with E-state index in [9.17, 15) is 9.59 Å². The molecular formula is C19H30N2O3. The maximum Gasteiger partial charge on any atom is 0.242 e. The molecule has 0 radical (unpaired) electrons. The van der Waals surface area contributed by atoms with Crippen LogP contribution in [0.3, 0.4) is 0 Å². The summed E-state index contributed by atoms with van der Waals surface area (Å²) in [6.07, 6.45) is 10.5. The van der Waals surface area contributed by atoms with Gasteiger partial charge in [-0.1, -0.05) is 0 Å². The number of aliphatic hydroxyl groups is 1. The highest BCUT2D eigenvalue weighted by molar-refractivity contribution is 5.85. The van der Waals surface area contributed by atoms with Crippen molar-refractivity contribution in [1.29, 1.82) is 0 Å². The zero-order valence-electron chi connectivity index (χ0n) is 14.5. The lowest BCUT2D eigenvalue weighted by molar-refractivity contribution is -0.136. The van der Waals surface area contributed by atoms with Crippen LogP contribution in [0.15, 0.2) is 0 Å². The van der Waals surface area contributed by atoms with Crippen molar-refractivity contribution >= 4 is 11.8 Å². The van der Waals surface area contributed by atoms with Crippen LogP contribution in [0.1, 0.15) is 57.8 Å². The van der Waals surface area contributed by atoms with Crippen molar-refractivity contribution in [2.24, 2.45) is 23.2 Å². The van der Waals surface area contributed by atoms with Crippen molar-refractivity contribution in [2.75, 3.05) is 19.7 Å². The van der Waals surface area contributed by atoms with Gasteiger partial charge in [-0.25, -0.2) is 0 Å². The average molecular weight is 334 g/mol. The first-order chi connectivity index (χ1) is 11.6. The second-order valence-electron chi connectivity index (χ2n) is 8.91. The van der Waals surface area contributed by atoms with Gasteiger partial charge in [0, 0.05) is 19.0 Å². The van der Waals surface area contributed by atoms with Gasteiger partial charge in [0.1, 0.15) is 0 Å². The summed E-state index contributed by atoms with van der Waals surface area (Å²) in [6.45, 7) is 0.458. The van der Waals surface area contributed by atoms with Gasteiger partial charge in [-0.2, -0.15) is 0 Å². The van der Waals surface area contributed by atoms with Crippen molar-refractivity contribution < 1.29 is 14.7 Å². The van der Waals surface area contributed by atoms with Gasteiger partial charge in [-0.05, 0) is 74.5 Å². The topological polar surface area (TPSA) is 69.6 Å². The van der Waals surface area contributed by atoms with Crippen LogP contribution in [0.4, 0.5) is 0 Å². The summed E-state index contributed by atoms with van der Waals surface area (Å²) >= 11 is 0. The molecule has 4 bridgehead atoms. The Morgan fingerprint density at radius 1 is 1.04 bits per heavy atom. The van der Waals surface area contributed by atoms with Crippen LogP contribution in [0, 0.1) is 23.2 Å². The highest BCUT2D eigenvalue weighted by Crippen LogP contribution is 2.61. The smallest absolute Gasteiger partial charge is 0.242 e. The van der Waals surface area contributed by atoms with Gasteiger partial charge in [0.05, 0.1) is 13.2 Å². The van der Waals surface area contributed by atoms with E-state index in [-0.39, 0.29) is 36.4 Å². The minimum Gasteiger partial charge on any atom is -0.395 e. The van der Waals surface area contributed by atoms with Crippen molar-refractivity contribution in [1.82, 2.24) is 10.2 Å². The SMILES string of the molecule is O=C(CC12CC3CC(CC(C3)C1)C2)NCC(=O)N(CCO)C1CC1. The summed E-state index contributed by atoms with van der Waals surface area (Å²) < 4.78 is 0. The predicted octanol–water partition coefficient (Wildman–Crippen LogP) is 1.69. The van der Waals surface area contributed by atoms with Crippen LogP contribution >= 0.6 is 0 Å². The Hall–Kier alpha value is -1.10. The third-order valence-corrected chi connectivity index (χ3v) is 6.79. The number of amides is 2. The first-order valence-corrected chi connectivity index (χ1v) is 9.74. The van der Waals surface area contributed by atoms with Crippen LogP contribution in [-0.2, 0) is 9.59 Å². The van der Waals surface area contributed by atoms with Crippen LogP contribution < -0.4 is 5.32 Å². The fourth-order valence-electron chi connectivity index (χ4n) is 6.19. The highest BCUT2D eigenvalue weighted by atomic mass is 16.3. The van der Waals surface area contributed by atoms with E-state index < -0.39 is 0 Å². The van der Waals surface area contributed by atoms with E-state index >= 15 is 0 Å². The largest absolute Gasteiger partial charge is 0.395 e. The number of carbonyl (C=O) groups is 2. The molecule has 24 heavy (non-hydrogen) atoms. The van der Waals surface area contributed by atoms with Crippen LogP contribution in [0.5, 0.6) is 0 Å². The number of hydrogen-bond acceptors (Lipinski definition) is 3. The Morgan fingerprint density at radius 2 is 1.62 bits per heavy atom. The lowest BCUT2D eigenvalue weighted by Crippen LogP contribution is -2.49. The third kappa shape index (κ3) is 3.32. The molecule has 2 N–H and O–H groups in total. The number of nitrogens with zero attached hydrogens (tertiary/aromatic N) is 1. The second-order valence-corrected chi connectivity index (χ2v) is 8.91. The van der Waals surface area contributed by atoms with Crippen LogP contribution in [0.2, 0.25) is 0 Å². The maximum absolute atomic E-state index is 12.5. The molecule has 5 fully saturated rings. The monoisotopic (exact) mass is 334 g/mol. The van der Waals surface area contributed by atoms with E-state index in [0.29, 0.717) is 13.0 Å². The number of carbonyl (C=O) groups excluding carboxylic acids is 2. The zero-order valence-corrected chi connectivity index (χ0v) is 14.5. The third-order valence-electron chi connectivity index (χ3n) is 6.79. The predicted molar refractivity (Wildman–Crippen MR) is 90.1 cm³/mol. The van der Waals surface area contributed by atoms with Gasteiger partial charge in [-0.15, -0.1) is 0 Å². The molecule has 2 amide bonds. The second kappa shape index (κ2) is 6.32. The molecule has 5 aliphatic rings. The maximum atomic E-state index is 12.5. The molecule has 5 rings (SSSR count). The van der Waals surface area contributed by atoms with Gasteiger partial charge in [0.15, 0.2) is 0 Å². The van der Waals surface area contributed by atoms with Crippen molar-refractivity contribution in [3.63, 3.8) is 0 Å². The standard InChI is InChI=1S/C19H30N2O3/c22-4-3-21(16-1-2-16)18(24)12-20-17(23)11-19-8-13-5-14(9-19)7-15(6-13)10-19/h13-16,22H,1-12H2,(H,20,23). The lowest BCUT2D eigenvalue weighted by Gasteiger charge is -2.56. The van der Waals surface area contributed by atoms with E-state index in [1.54, 1.807) is 4.90 Å². The fourth-order valence-corrected chi connectivity index (χ4v) is 6.19. The van der Waals surface area contributed by atoms with E-state index in [1.807, 2.05) is 0 Å². The van der Waals surface area contributed by atoms with Crippen molar-refractivity contribution in [2.45, 2.75) is 63.8 Å². The lowest BCUT2D eigenvalue weighted by atomic mass is 9.49.